The summed E-state index contributed by atoms with van der Waals surface area (Å²) in [6, 6.07) is 8.52. The van der Waals surface area contributed by atoms with Crippen LogP contribution < -0.4 is 5.32 Å². The lowest BCUT2D eigenvalue weighted by Crippen LogP contribution is -2.48. The van der Waals surface area contributed by atoms with Crippen molar-refractivity contribution in [3.8, 4) is 0 Å². The van der Waals surface area contributed by atoms with Gasteiger partial charge < -0.3 is 15.0 Å². The summed E-state index contributed by atoms with van der Waals surface area (Å²) >= 11 is 0. The zero-order valence-electron chi connectivity index (χ0n) is 11.3. The van der Waals surface area contributed by atoms with Crippen LogP contribution in [-0.4, -0.2) is 37.7 Å². The molecule has 0 radical (unpaired) electrons. The number of hydrogen-bond acceptors (Lipinski definition) is 3. The van der Waals surface area contributed by atoms with E-state index in [9.17, 15) is 4.79 Å². The van der Waals surface area contributed by atoms with Crippen LogP contribution in [0.4, 0.5) is 10.5 Å². The maximum atomic E-state index is 11.5. The Morgan fingerprint density at radius 2 is 2.05 bits per heavy atom. The van der Waals surface area contributed by atoms with Gasteiger partial charge in [0.15, 0.2) is 0 Å². The van der Waals surface area contributed by atoms with Crippen molar-refractivity contribution in [1.29, 1.82) is 0 Å². The molecule has 1 spiro atoms. The molecule has 1 N–H and O–H groups in total. The average Bonchev–Trinajstić information content (AvgIpc) is 2.47. The van der Waals surface area contributed by atoms with Crippen molar-refractivity contribution < 1.29 is 9.53 Å². The molecule has 4 nitrogen and oxygen atoms in total. The molecule has 4 heteroatoms. The number of anilines is 1. The molecule has 2 aliphatic heterocycles. The lowest BCUT2D eigenvalue weighted by atomic mass is 9.71. The Morgan fingerprint density at radius 1 is 1.32 bits per heavy atom. The van der Waals surface area contributed by atoms with Gasteiger partial charge in [0.2, 0.25) is 0 Å². The van der Waals surface area contributed by atoms with Crippen LogP contribution in [0.15, 0.2) is 24.3 Å². The number of para-hydroxylation sites is 1. The molecule has 102 valence electrons. The fourth-order valence-corrected chi connectivity index (χ4v) is 3.24. The lowest BCUT2D eigenvalue weighted by molar-refractivity contribution is 0.0808. The minimum atomic E-state index is -0.195. The molecular formula is C15H20N2O2. The van der Waals surface area contributed by atoms with E-state index < -0.39 is 0 Å². The molecule has 1 fully saturated rings. The first kappa shape index (κ1) is 12.3. The molecule has 2 heterocycles. The zero-order chi connectivity index (χ0) is 13.3. The number of fused-ring (bicyclic) bond motifs is 1. The Hall–Kier alpha value is -1.71. The van der Waals surface area contributed by atoms with Crippen molar-refractivity contribution in [1.82, 2.24) is 4.90 Å². The minimum absolute atomic E-state index is 0.195. The summed E-state index contributed by atoms with van der Waals surface area (Å²) in [6.07, 6.45) is 3.01. The van der Waals surface area contributed by atoms with Gasteiger partial charge in [-0.15, -0.1) is 0 Å². The van der Waals surface area contributed by atoms with Gasteiger partial charge in [0.1, 0.15) is 0 Å². The van der Waals surface area contributed by atoms with E-state index in [4.69, 9.17) is 4.74 Å². The standard InChI is InChI=1S/C15H20N2O2/c1-19-14(18)17-8-6-15(7-9-17)10-12-4-2-3-5-13(12)16-11-15/h2-5,16H,6-11H2,1H3. The summed E-state index contributed by atoms with van der Waals surface area (Å²) < 4.78 is 4.79. The first-order valence-electron chi connectivity index (χ1n) is 6.87. The summed E-state index contributed by atoms with van der Waals surface area (Å²) in [5.41, 5.74) is 2.97. The number of piperidine rings is 1. The Balaban J connectivity index is 1.70. The number of nitrogens with one attached hydrogen (secondary N) is 1. The van der Waals surface area contributed by atoms with E-state index in [1.54, 1.807) is 0 Å². The van der Waals surface area contributed by atoms with E-state index in [0.717, 1.165) is 38.9 Å². The van der Waals surface area contributed by atoms with Gasteiger partial charge in [0.25, 0.3) is 0 Å². The fourth-order valence-electron chi connectivity index (χ4n) is 3.24. The highest BCUT2D eigenvalue weighted by Crippen LogP contribution is 2.40. The van der Waals surface area contributed by atoms with Crippen LogP contribution in [0.1, 0.15) is 18.4 Å². The Kier molecular flexibility index (Phi) is 3.09. The summed E-state index contributed by atoms with van der Waals surface area (Å²) in [4.78, 5) is 13.3. The number of benzene rings is 1. The van der Waals surface area contributed by atoms with Gasteiger partial charge in [0, 0.05) is 25.3 Å². The third-order valence-corrected chi connectivity index (χ3v) is 4.49. The molecule has 3 rings (SSSR count). The third kappa shape index (κ3) is 2.27. The Bertz CT molecular complexity index is 479. The maximum Gasteiger partial charge on any atom is 0.409 e. The van der Waals surface area contributed by atoms with Crippen molar-refractivity contribution in [3.63, 3.8) is 0 Å². The summed E-state index contributed by atoms with van der Waals surface area (Å²) in [6.45, 7) is 2.62. The highest BCUT2D eigenvalue weighted by Gasteiger charge is 2.38. The van der Waals surface area contributed by atoms with E-state index in [-0.39, 0.29) is 6.09 Å². The number of carbonyl (C=O) groups is 1. The van der Waals surface area contributed by atoms with E-state index in [2.05, 4.69) is 29.6 Å². The number of nitrogens with zero attached hydrogens (tertiary/aromatic N) is 1. The third-order valence-electron chi connectivity index (χ3n) is 4.49. The van der Waals surface area contributed by atoms with E-state index in [1.807, 2.05) is 4.90 Å². The van der Waals surface area contributed by atoms with Crippen LogP contribution in [0.3, 0.4) is 0 Å². The van der Waals surface area contributed by atoms with Gasteiger partial charge in [-0.3, -0.25) is 0 Å². The number of amides is 1. The largest absolute Gasteiger partial charge is 0.453 e. The van der Waals surface area contributed by atoms with Gasteiger partial charge >= 0.3 is 6.09 Å². The number of ether oxygens (including phenoxy) is 1. The summed E-state index contributed by atoms with van der Waals surface area (Å²) in [5, 5.41) is 3.55. The molecule has 1 aromatic carbocycles. The highest BCUT2D eigenvalue weighted by atomic mass is 16.5. The molecule has 0 bridgehead atoms. The molecular weight excluding hydrogens is 240 g/mol. The van der Waals surface area contributed by atoms with Crippen molar-refractivity contribution >= 4 is 11.8 Å². The van der Waals surface area contributed by atoms with Gasteiger partial charge in [-0.05, 0) is 36.3 Å². The number of likely N-dealkylation sites (tertiary alicyclic amines) is 1. The molecule has 1 saturated heterocycles. The SMILES string of the molecule is COC(=O)N1CCC2(CC1)CNc1ccccc1C2. The quantitative estimate of drug-likeness (QED) is 0.779. The second-order valence-electron chi connectivity index (χ2n) is 5.64. The van der Waals surface area contributed by atoms with Crippen molar-refractivity contribution in [2.75, 3.05) is 32.1 Å². The number of methoxy groups -OCH3 is 1. The van der Waals surface area contributed by atoms with Crippen LogP contribution in [0, 0.1) is 5.41 Å². The normalized spacial score (nSPS) is 20.6. The average molecular weight is 260 g/mol. The van der Waals surface area contributed by atoms with Gasteiger partial charge in [0.05, 0.1) is 7.11 Å². The Morgan fingerprint density at radius 3 is 2.79 bits per heavy atom. The van der Waals surface area contributed by atoms with Crippen LogP contribution >= 0.6 is 0 Å². The van der Waals surface area contributed by atoms with Crippen molar-refractivity contribution in [3.05, 3.63) is 29.8 Å². The van der Waals surface area contributed by atoms with Crippen molar-refractivity contribution in [2.24, 2.45) is 5.41 Å². The predicted molar refractivity (Wildman–Crippen MR) is 74.3 cm³/mol. The molecule has 0 unspecified atom stereocenters. The van der Waals surface area contributed by atoms with Crippen LogP contribution in [0.25, 0.3) is 0 Å². The van der Waals surface area contributed by atoms with E-state index in [0.29, 0.717) is 5.41 Å². The monoisotopic (exact) mass is 260 g/mol. The smallest absolute Gasteiger partial charge is 0.409 e. The van der Waals surface area contributed by atoms with Crippen molar-refractivity contribution in [2.45, 2.75) is 19.3 Å². The molecule has 2 aliphatic rings. The maximum absolute atomic E-state index is 11.5. The fraction of sp³-hybridized carbons (Fsp3) is 0.533. The second-order valence-corrected chi connectivity index (χ2v) is 5.64. The lowest BCUT2D eigenvalue weighted by Gasteiger charge is -2.44. The summed E-state index contributed by atoms with van der Waals surface area (Å²) in [5.74, 6) is 0. The number of hydrogen-bond donors (Lipinski definition) is 1. The zero-order valence-corrected chi connectivity index (χ0v) is 11.3. The first-order chi connectivity index (χ1) is 9.22. The first-order valence-corrected chi connectivity index (χ1v) is 6.87. The van der Waals surface area contributed by atoms with Crippen LogP contribution in [0.2, 0.25) is 0 Å². The van der Waals surface area contributed by atoms with E-state index in [1.165, 1.54) is 18.4 Å². The number of rotatable bonds is 0. The molecule has 19 heavy (non-hydrogen) atoms. The second kappa shape index (κ2) is 4.76. The van der Waals surface area contributed by atoms with Crippen LogP contribution in [0.5, 0.6) is 0 Å². The number of carbonyl (C=O) groups excluding carboxylic acids is 1. The molecule has 1 aromatic rings. The molecule has 0 aromatic heterocycles. The minimum Gasteiger partial charge on any atom is -0.453 e. The highest BCUT2D eigenvalue weighted by molar-refractivity contribution is 5.67. The van der Waals surface area contributed by atoms with E-state index >= 15 is 0 Å². The summed E-state index contributed by atoms with van der Waals surface area (Å²) in [7, 11) is 1.45. The predicted octanol–water partition coefficient (Wildman–Crippen LogP) is 2.50. The Labute approximate surface area is 113 Å². The van der Waals surface area contributed by atoms with Gasteiger partial charge in [-0.25, -0.2) is 4.79 Å². The molecule has 1 amide bonds. The molecule has 0 atom stereocenters. The van der Waals surface area contributed by atoms with Gasteiger partial charge in [-0.2, -0.15) is 0 Å². The molecule has 0 saturated carbocycles. The molecule has 0 aliphatic carbocycles. The van der Waals surface area contributed by atoms with Crippen LogP contribution in [-0.2, 0) is 11.2 Å². The van der Waals surface area contributed by atoms with Gasteiger partial charge in [-0.1, -0.05) is 18.2 Å². The topological polar surface area (TPSA) is 41.6 Å².